The Morgan fingerprint density at radius 1 is 0.842 bits per heavy atom. The number of fused-ring (bicyclic) bond motifs is 2. The fourth-order valence-corrected chi connectivity index (χ4v) is 4.68. The molecule has 0 fully saturated rings. The Balaban J connectivity index is 1.39. The van der Waals surface area contributed by atoms with Gasteiger partial charge in [0.1, 0.15) is 18.1 Å². The van der Waals surface area contributed by atoms with E-state index in [-0.39, 0.29) is 31.1 Å². The van der Waals surface area contributed by atoms with Gasteiger partial charge in [-0.05, 0) is 65.6 Å². The number of hydrogen-bond acceptors (Lipinski definition) is 5. The minimum absolute atomic E-state index is 0.0336. The summed E-state index contributed by atoms with van der Waals surface area (Å²) in [4.78, 5) is 30.8. The smallest absolute Gasteiger partial charge is 0.254 e. The third kappa shape index (κ3) is 5.83. The molecule has 2 amide bonds. The number of furan rings is 1. The normalized spacial score (nSPS) is 12.2. The van der Waals surface area contributed by atoms with Crippen LogP contribution in [-0.4, -0.2) is 41.5 Å². The van der Waals surface area contributed by atoms with Crippen molar-refractivity contribution in [2.24, 2.45) is 5.92 Å². The number of carbonyl (C=O) groups excluding carboxylic acids is 2. The molecule has 3 aromatic carbocycles. The molecular formula is C31H32N2O5. The van der Waals surface area contributed by atoms with Gasteiger partial charge in [0.15, 0.2) is 11.5 Å². The maximum Gasteiger partial charge on any atom is 0.254 e. The second-order valence-corrected chi connectivity index (χ2v) is 10.1. The number of benzene rings is 3. The number of hydrogen-bond donors (Lipinski definition) is 0. The van der Waals surface area contributed by atoms with E-state index in [1.165, 1.54) is 0 Å². The van der Waals surface area contributed by atoms with E-state index in [0.29, 0.717) is 42.5 Å². The zero-order valence-electron chi connectivity index (χ0n) is 22.0. The van der Waals surface area contributed by atoms with Gasteiger partial charge >= 0.3 is 0 Å². The van der Waals surface area contributed by atoms with Crippen LogP contribution in [0.3, 0.4) is 0 Å². The minimum Gasteiger partial charge on any atom is -0.464 e. The van der Waals surface area contributed by atoms with Gasteiger partial charge < -0.3 is 23.7 Å². The molecular weight excluding hydrogens is 480 g/mol. The molecule has 0 bridgehead atoms. The average Bonchev–Trinajstić information content (AvgIpc) is 3.55. The van der Waals surface area contributed by atoms with Gasteiger partial charge in [0, 0.05) is 18.7 Å². The van der Waals surface area contributed by atoms with E-state index in [1.54, 1.807) is 9.80 Å². The molecule has 38 heavy (non-hydrogen) atoms. The predicted octanol–water partition coefficient (Wildman–Crippen LogP) is 5.80. The van der Waals surface area contributed by atoms with E-state index in [0.717, 1.165) is 22.1 Å². The van der Waals surface area contributed by atoms with E-state index < -0.39 is 0 Å². The fourth-order valence-electron chi connectivity index (χ4n) is 4.68. The summed E-state index contributed by atoms with van der Waals surface area (Å²) < 4.78 is 16.7. The Bertz CT molecular complexity index is 1460. The molecule has 7 nitrogen and oxygen atoms in total. The van der Waals surface area contributed by atoms with E-state index in [9.17, 15) is 9.59 Å². The Kier molecular flexibility index (Phi) is 7.36. The molecule has 0 saturated carbocycles. The number of ether oxygens (including phenoxy) is 2. The van der Waals surface area contributed by atoms with Crippen molar-refractivity contribution in [2.45, 2.75) is 33.9 Å². The zero-order valence-corrected chi connectivity index (χ0v) is 22.0. The molecule has 0 atom stereocenters. The molecule has 1 aromatic heterocycles. The first-order valence-electron chi connectivity index (χ1n) is 12.9. The van der Waals surface area contributed by atoms with Crippen molar-refractivity contribution in [1.82, 2.24) is 9.80 Å². The second kappa shape index (κ2) is 11.0. The van der Waals surface area contributed by atoms with Crippen molar-refractivity contribution in [3.63, 3.8) is 0 Å². The van der Waals surface area contributed by atoms with Crippen molar-refractivity contribution in [3.8, 4) is 11.5 Å². The summed E-state index contributed by atoms with van der Waals surface area (Å²) in [5, 5.41) is 2.06. The zero-order chi connectivity index (χ0) is 26.6. The van der Waals surface area contributed by atoms with Crippen molar-refractivity contribution in [3.05, 3.63) is 95.4 Å². The molecule has 0 aliphatic carbocycles. The van der Waals surface area contributed by atoms with Crippen LogP contribution < -0.4 is 9.47 Å². The maximum atomic E-state index is 13.8. The van der Waals surface area contributed by atoms with Crippen LogP contribution in [0.5, 0.6) is 11.5 Å². The van der Waals surface area contributed by atoms with Crippen LogP contribution in [0.25, 0.3) is 10.8 Å². The Hall–Kier alpha value is -4.26. The first-order chi connectivity index (χ1) is 18.4. The Labute approximate surface area is 222 Å². The largest absolute Gasteiger partial charge is 0.464 e. The van der Waals surface area contributed by atoms with E-state index >= 15 is 0 Å². The van der Waals surface area contributed by atoms with Gasteiger partial charge in [-0.2, -0.15) is 0 Å². The first kappa shape index (κ1) is 25.4. The summed E-state index contributed by atoms with van der Waals surface area (Å²) in [6.45, 7) is 7.22. The molecule has 7 heteroatoms. The van der Waals surface area contributed by atoms with Crippen LogP contribution in [0, 0.1) is 12.8 Å². The molecule has 5 rings (SSSR count). The monoisotopic (exact) mass is 512 g/mol. The van der Waals surface area contributed by atoms with Gasteiger partial charge in [-0.25, -0.2) is 0 Å². The highest BCUT2D eigenvalue weighted by Crippen LogP contribution is 2.33. The average molecular weight is 513 g/mol. The van der Waals surface area contributed by atoms with Gasteiger partial charge in [0.25, 0.3) is 5.91 Å². The van der Waals surface area contributed by atoms with Crippen LogP contribution in [-0.2, 0) is 17.9 Å². The van der Waals surface area contributed by atoms with Crippen LogP contribution >= 0.6 is 0 Å². The number of nitrogens with zero attached hydrogens (tertiary/aromatic N) is 2. The number of carbonyl (C=O) groups is 2. The van der Waals surface area contributed by atoms with Gasteiger partial charge in [-0.3, -0.25) is 9.59 Å². The van der Waals surface area contributed by atoms with Gasteiger partial charge in [0.2, 0.25) is 12.7 Å². The predicted molar refractivity (Wildman–Crippen MR) is 145 cm³/mol. The van der Waals surface area contributed by atoms with Crippen molar-refractivity contribution >= 4 is 22.6 Å². The summed E-state index contributed by atoms with van der Waals surface area (Å²) in [5.41, 5.74) is 1.48. The highest BCUT2D eigenvalue weighted by atomic mass is 16.7. The third-order valence-electron chi connectivity index (χ3n) is 6.50. The van der Waals surface area contributed by atoms with Crippen LogP contribution in [0.4, 0.5) is 0 Å². The van der Waals surface area contributed by atoms with Crippen LogP contribution in [0.2, 0.25) is 0 Å². The lowest BCUT2D eigenvalue weighted by atomic mass is 10.1. The Morgan fingerprint density at radius 3 is 2.39 bits per heavy atom. The third-order valence-corrected chi connectivity index (χ3v) is 6.50. The van der Waals surface area contributed by atoms with E-state index in [2.05, 4.69) is 0 Å². The highest BCUT2D eigenvalue weighted by molar-refractivity contribution is 6.00. The van der Waals surface area contributed by atoms with Crippen molar-refractivity contribution in [2.75, 3.05) is 19.9 Å². The molecule has 1 aliphatic rings. The van der Waals surface area contributed by atoms with Crippen LogP contribution in [0.1, 0.15) is 41.3 Å². The number of amides is 2. The molecule has 0 saturated heterocycles. The molecule has 0 N–H and O–H groups in total. The summed E-state index contributed by atoms with van der Waals surface area (Å²) >= 11 is 0. The lowest BCUT2D eigenvalue weighted by Gasteiger charge is -2.28. The standard InChI is InChI=1S/C31H32N2O5/c1-21(2)16-33(31(35)26-11-10-24-6-4-5-7-25(24)15-26)19-30(34)32(18-27-12-8-22(3)38-27)17-23-9-13-28-29(14-23)37-20-36-28/h4-15,21H,16-20H2,1-3H3. The van der Waals surface area contributed by atoms with E-state index in [1.807, 2.05) is 93.6 Å². The molecule has 0 radical (unpaired) electrons. The molecule has 0 unspecified atom stereocenters. The quantitative estimate of drug-likeness (QED) is 0.284. The molecule has 1 aliphatic heterocycles. The topological polar surface area (TPSA) is 72.2 Å². The molecule has 4 aromatic rings. The molecule has 0 spiro atoms. The highest BCUT2D eigenvalue weighted by Gasteiger charge is 2.25. The maximum absolute atomic E-state index is 13.8. The van der Waals surface area contributed by atoms with Gasteiger partial charge in [-0.1, -0.05) is 50.2 Å². The summed E-state index contributed by atoms with van der Waals surface area (Å²) in [6.07, 6.45) is 0. The number of rotatable bonds is 9. The van der Waals surface area contributed by atoms with Gasteiger partial charge in [0.05, 0.1) is 6.54 Å². The molecule has 2 heterocycles. The lowest BCUT2D eigenvalue weighted by molar-refractivity contribution is -0.133. The first-order valence-corrected chi connectivity index (χ1v) is 12.9. The second-order valence-electron chi connectivity index (χ2n) is 10.1. The number of aryl methyl sites for hydroxylation is 1. The SMILES string of the molecule is Cc1ccc(CN(Cc2ccc3c(c2)OCO3)C(=O)CN(CC(C)C)C(=O)c2ccc3ccccc3c2)o1. The van der Waals surface area contributed by atoms with Crippen molar-refractivity contribution in [1.29, 1.82) is 0 Å². The lowest BCUT2D eigenvalue weighted by Crippen LogP contribution is -2.43. The summed E-state index contributed by atoms with van der Waals surface area (Å²) in [6, 6.07) is 23.0. The van der Waals surface area contributed by atoms with E-state index in [4.69, 9.17) is 13.9 Å². The van der Waals surface area contributed by atoms with Gasteiger partial charge in [-0.15, -0.1) is 0 Å². The van der Waals surface area contributed by atoms with Crippen molar-refractivity contribution < 1.29 is 23.5 Å². The van der Waals surface area contributed by atoms with Crippen LogP contribution in [0.15, 0.2) is 77.2 Å². The minimum atomic E-state index is -0.161. The Morgan fingerprint density at radius 2 is 1.63 bits per heavy atom. The fraction of sp³-hybridized carbons (Fsp3) is 0.290. The summed E-state index contributed by atoms with van der Waals surface area (Å²) in [5.74, 6) is 2.70. The summed E-state index contributed by atoms with van der Waals surface area (Å²) in [7, 11) is 0. The molecule has 196 valence electrons.